The summed E-state index contributed by atoms with van der Waals surface area (Å²) < 4.78 is 6.08. The monoisotopic (exact) mass is 433 g/mol. The van der Waals surface area contributed by atoms with Gasteiger partial charge in [0.05, 0.1) is 6.07 Å². The molecule has 2 atom stereocenters. The van der Waals surface area contributed by atoms with Crippen molar-refractivity contribution in [1.29, 1.82) is 5.26 Å². The van der Waals surface area contributed by atoms with Crippen LogP contribution >= 0.6 is 11.6 Å². The van der Waals surface area contributed by atoms with Crippen LogP contribution in [-0.2, 0) is 16.6 Å². The number of para-hydroxylation sites is 2. The highest BCUT2D eigenvalue weighted by Gasteiger charge is 2.55. The van der Waals surface area contributed by atoms with Gasteiger partial charge in [0.2, 0.25) is 0 Å². The van der Waals surface area contributed by atoms with E-state index in [2.05, 4.69) is 6.07 Å². The Labute approximate surface area is 187 Å². The van der Waals surface area contributed by atoms with Gasteiger partial charge in [0.15, 0.2) is 5.41 Å². The number of carboxylic acids is 1. The van der Waals surface area contributed by atoms with Gasteiger partial charge in [0.25, 0.3) is 0 Å². The zero-order valence-corrected chi connectivity index (χ0v) is 18.3. The molecule has 3 aromatic carbocycles. The summed E-state index contributed by atoms with van der Waals surface area (Å²) in [6, 6.07) is 25.6. The molecule has 1 N–H and O–H groups in total. The van der Waals surface area contributed by atoms with Crippen LogP contribution in [0, 0.1) is 16.7 Å². The second-order valence-corrected chi connectivity index (χ2v) is 8.22. The van der Waals surface area contributed by atoms with Crippen molar-refractivity contribution in [3.8, 4) is 17.6 Å². The van der Waals surface area contributed by atoms with Crippen molar-refractivity contribution >= 4 is 17.6 Å². The Morgan fingerprint density at radius 1 is 1.03 bits per heavy atom. The Morgan fingerprint density at radius 3 is 2.23 bits per heavy atom. The maximum Gasteiger partial charge on any atom is 0.329 e. The van der Waals surface area contributed by atoms with Gasteiger partial charge >= 0.3 is 5.97 Å². The number of nitriles is 1. The average Bonchev–Trinajstić information content (AvgIpc) is 2.77. The summed E-state index contributed by atoms with van der Waals surface area (Å²) in [5, 5.41) is 21.0. The third-order valence-corrected chi connectivity index (χ3v) is 6.23. The standard InChI is InChI=1S/C26H24ClNO3/c1-3-25(2,26(18-28,24(29)30)20-13-15-21(27)16-14-20)17-19-9-7-8-12-23(19)31-22-10-5-4-6-11-22/h4-16H,3,17H2,1-2H3,(H,29,30). The molecule has 3 aromatic rings. The van der Waals surface area contributed by atoms with Crippen LogP contribution in [0.25, 0.3) is 0 Å². The number of carbonyl (C=O) groups is 1. The van der Waals surface area contributed by atoms with Crippen LogP contribution in [0.5, 0.6) is 11.5 Å². The molecule has 0 fully saturated rings. The van der Waals surface area contributed by atoms with Gasteiger partial charge in [0, 0.05) is 10.4 Å². The van der Waals surface area contributed by atoms with Crippen molar-refractivity contribution in [3.05, 3.63) is 95.0 Å². The number of halogens is 1. The molecule has 3 rings (SSSR count). The van der Waals surface area contributed by atoms with E-state index in [9.17, 15) is 15.2 Å². The molecular formula is C26H24ClNO3. The number of benzene rings is 3. The SMILES string of the molecule is CCC(C)(Cc1ccccc1Oc1ccccc1)C(C#N)(C(=O)O)c1ccc(Cl)cc1. The lowest BCUT2D eigenvalue weighted by atomic mass is 9.58. The lowest BCUT2D eigenvalue weighted by Gasteiger charge is -2.41. The number of aliphatic carboxylic acids is 1. The number of hydrogen-bond acceptors (Lipinski definition) is 3. The molecule has 0 bridgehead atoms. The minimum absolute atomic E-state index is 0.342. The highest BCUT2D eigenvalue weighted by molar-refractivity contribution is 6.30. The van der Waals surface area contributed by atoms with Crippen LogP contribution in [0.1, 0.15) is 31.4 Å². The van der Waals surface area contributed by atoms with E-state index in [1.807, 2.05) is 68.4 Å². The number of hydrogen-bond donors (Lipinski definition) is 1. The van der Waals surface area contributed by atoms with Gasteiger partial charge in [-0.15, -0.1) is 0 Å². The van der Waals surface area contributed by atoms with Crippen molar-refractivity contribution in [1.82, 2.24) is 0 Å². The predicted octanol–water partition coefficient (Wildman–Crippen LogP) is 6.64. The molecule has 0 spiro atoms. The van der Waals surface area contributed by atoms with Crippen LogP contribution in [0.4, 0.5) is 0 Å². The normalized spacial score (nSPS) is 14.6. The summed E-state index contributed by atoms with van der Waals surface area (Å²) in [5.74, 6) is 0.153. The van der Waals surface area contributed by atoms with Gasteiger partial charge in [0.1, 0.15) is 11.5 Å². The molecule has 31 heavy (non-hydrogen) atoms. The first kappa shape index (κ1) is 22.4. The van der Waals surface area contributed by atoms with Gasteiger partial charge in [-0.05, 0) is 54.3 Å². The summed E-state index contributed by atoms with van der Waals surface area (Å²) in [5.41, 5.74) is -1.42. The second kappa shape index (κ2) is 9.24. The van der Waals surface area contributed by atoms with Crippen molar-refractivity contribution in [2.24, 2.45) is 5.41 Å². The zero-order valence-electron chi connectivity index (χ0n) is 17.5. The first-order valence-electron chi connectivity index (χ1n) is 10.1. The molecular weight excluding hydrogens is 410 g/mol. The summed E-state index contributed by atoms with van der Waals surface area (Å²) in [6.07, 6.45) is 0.810. The summed E-state index contributed by atoms with van der Waals surface area (Å²) in [7, 11) is 0. The average molecular weight is 434 g/mol. The van der Waals surface area contributed by atoms with E-state index >= 15 is 0 Å². The molecule has 0 heterocycles. The van der Waals surface area contributed by atoms with E-state index in [0.29, 0.717) is 34.9 Å². The fraction of sp³-hybridized carbons (Fsp3) is 0.231. The Balaban J connectivity index is 2.08. The highest BCUT2D eigenvalue weighted by atomic mass is 35.5. The van der Waals surface area contributed by atoms with E-state index in [0.717, 1.165) is 5.56 Å². The highest BCUT2D eigenvalue weighted by Crippen LogP contribution is 2.48. The molecule has 0 aliphatic rings. The largest absolute Gasteiger partial charge is 0.480 e. The van der Waals surface area contributed by atoms with Crippen LogP contribution in [0.15, 0.2) is 78.9 Å². The minimum atomic E-state index is -1.76. The summed E-state index contributed by atoms with van der Waals surface area (Å²) in [6.45, 7) is 3.75. The maximum atomic E-state index is 12.6. The zero-order chi connectivity index (χ0) is 22.5. The molecule has 0 saturated heterocycles. The predicted molar refractivity (Wildman–Crippen MR) is 121 cm³/mol. The van der Waals surface area contributed by atoms with Crippen molar-refractivity contribution in [2.45, 2.75) is 32.1 Å². The van der Waals surface area contributed by atoms with Crippen molar-refractivity contribution < 1.29 is 14.6 Å². The number of nitrogens with zero attached hydrogens (tertiary/aromatic N) is 1. The van der Waals surface area contributed by atoms with E-state index in [1.54, 1.807) is 24.3 Å². The minimum Gasteiger partial charge on any atom is -0.480 e. The van der Waals surface area contributed by atoms with Crippen LogP contribution < -0.4 is 4.74 Å². The van der Waals surface area contributed by atoms with Gasteiger partial charge in [-0.1, -0.05) is 74.0 Å². The van der Waals surface area contributed by atoms with Gasteiger partial charge in [-0.25, -0.2) is 0 Å². The van der Waals surface area contributed by atoms with E-state index in [4.69, 9.17) is 16.3 Å². The molecule has 2 unspecified atom stereocenters. The molecule has 0 amide bonds. The molecule has 158 valence electrons. The molecule has 0 aliphatic carbocycles. The van der Waals surface area contributed by atoms with Crippen molar-refractivity contribution in [2.75, 3.05) is 0 Å². The van der Waals surface area contributed by atoms with Crippen LogP contribution in [0.3, 0.4) is 0 Å². The smallest absolute Gasteiger partial charge is 0.329 e. The third-order valence-electron chi connectivity index (χ3n) is 5.98. The van der Waals surface area contributed by atoms with Crippen molar-refractivity contribution in [3.63, 3.8) is 0 Å². The summed E-state index contributed by atoms with van der Waals surface area (Å²) >= 11 is 6.01. The molecule has 0 saturated carbocycles. The fourth-order valence-corrected chi connectivity index (χ4v) is 4.11. The van der Waals surface area contributed by atoms with Gasteiger partial charge < -0.3 is 9.84 Å². The van der Waals surface area contributed by atoms with E-state index in [-0.39, 0.29) is 0 Å². The van der Waals surface area contributed by atoms with Crippen LogP contribution in [-0.4, -0.2) is 11.1 Å². The van der Waals surface area contributed by atoms with E-state index < -0.39 is 16.8 Å². The first-order chi connectivity index (χ1) is 14.9. The molecule has 0 radical (unpaired) electrons. The Kier molecular flexibility index (Phi) is 6.68. The Morgan fingerprint density at radius 2 is 1.65 bits per heavy atom. The Bertz CT molecular complexity index is 1090. The van der Waals surface area contributed by atoms with Gasteiger partial charge in [-0.2, -0.15) is 5.26 Å². The quantitative estimate of drug-likeness (QED) is 0.432. The molecule has 4 nitrogen and oxygen atoms in total. The maximum absolute atomic E-state index is 12.6. The topological polar surface area (TPSA) is 70.3 Å². The Hall–Kier alpha value is -3.29. The fourth-order valence-electron chi connectivity index (χ4n) is 3.99. The summed E-state index contributed by atoms with van der Waals surface area (Å²) in [4.78, 5) is 12.6. The van der Waals surface area contributed by atoms with E-state index in [1.165, 1.54) is 0 Å². The molecule has 0 aliphatic heterocycles. The number of carboxylic acid groups (broad SMARTS) is 1. The lowest BCUT2D eigenvalue weighted by Crippen LogP contribution is -2.50. The number of rotatable bonds is 8. The molecule has 5 heteroatoms. The third kappa shape index (κ3) is 4.28. The van der Waals surface area contributed by atoms with Crippen LogP contribution in [0.2, 0.25) is 5.02 Å². The first-order valence-corrected chi connectivity index (χ1v) is 10.5. The van der Waals surface area contributed by atoms with Gasteiger partial charge in [-0.3, -0.25) is 4.79 Å². The molecule has 0 aromatic heterocycles. The second-order valence-electron chi connectivity index (χ2n) is 7.79. The lowest BCUT2D eigenvalue weighted by molar-refractivity contribution is -0.146. The number of ether oxygens (including phenoxy) is 1.